The molecular formula is C17H15FN2O2. The summed E-state index contributed by atoms with van der Waals surface area (Å²) in [5.74, 6) is 1.75. The molecule has 1 aromatic carbocycles. The maximum atomic E-state index is 13.0. The van der Waals surface area contributed by atoms with Crippen molar-refractivity contribution in [2.75, 3.05) is 6.54 Å². The molecule has 1 aromatic heterocycles. The Hall–Kier alpha value is -2.43. The summed E-state index contributed by atoms with van der Waals surface area (Å²) in [6, 6.07) is 7.62. The summed E-state index contributed by atoms with van der Waals surface area (Å²) in [5.41, 5.74) is 1.57. The molecule has 1 saturated heterocycles. The van der Waals surface area contributed by atoms with Crippen molar-refractivity contribution in [1.29, 1.82) is 0 Å². The topological polar surface area (TPSA) is 45.8 Å². The molecule has 2 aliphatic rings. The molecule has 3 heterocycles. The second kappa shape index (κ2) is 5.09. The summed E-state index contributed by atoms with van der Waals surface area (Å²) in [7, 11) is 0. The minimum atomic E-state index is -0.333. The molecule has 1 atom stereocenters. The van der Waals surface area contributed by atoms with Crippen molar-refractivity contribution < 1.29 is 13.6 Å². The highest BCUT2D eigenvalue weighted by molar-refractivity contribution is 5.91. The third-order valence-electron chi connectivity index (χ3n) is 4.26. The van der Waals surface area contributed by atoms with Gasteiger partial charge in [0.15, 0.2) is 0 Å². The van der Waals surface area contributed by atoms with Gasteiger partial charge >= 0.3 is 0 Å². The zero-order chi connectivity index (χ0) is 15.1. The molecule has 4 nitrogen and oxygen atoms in total. The number of carbonyl (C=O) groups excluding carboxylic acids is 1. The lowest BCUT2D eigenvalue weighted by Crippen LogP contribution is -2.40. The first-order valence-corrected chi connectivity index (χ1v) is 7.45. The summed E-state index contributed by atoms with van der Waals surface area (Å²) in [5, 5.41) is 0. The number of benzene rings is 1. The molecule has 1 unspecified atom stereocenters. The first-order chi connectivity index (χ1) is 10.8. The highest BCUT2D eigenvalue weighted by atomic mass is 19.1. The quantitative estimate of drug-likeness (QED) is 0.791. The summed E-state index contributed by atoms with van der Waals surface area (Å²) in [6.45, 7) is 0.846. The molecule has 5 heteroatoms. The van der Waals surface area contributed by atoms with E-state index in [-0.39, 0.29) is 11.9 Å². The highest BCUT2D eigenvalue weighted by Gasteiger charge is 2.33. The molecule has 0 amide bonds. The fraction of sp³-hybridized carbons (Fsp3) is 0.294. The molecule has 1 fully saturated rings. The zero-order valence-corrected chi connectivity index (χ0v) is 12.0. The predicted molar refractivity (Wildman–Crippen MR) is 80.6 cm³/mol. The van der Waals surface area contributed by atoms with Crippen LogP contribution in [-0.4, -0.2) is 23.6 Å². The van der Waals surface area contributed by atoms with Crippen LogP contribution in [0.5, 0.6) is 0 Å². The average Bonchev–Trinajstić information content (AvgIpc) is 2.96. The fourth-order valence-electron chi connectivity index (χ4n) is 3.14. The Bertz CT molecular complexity index is 749. The first kappa shape index (κ1) is 13.2. The van der Waals surface area contributed by atoms with Gasteiger partial charge in [0.2, 0.25) is 5.88 Å². The number of rotatable bonds is 2. The molecule has 0 bridgehead atoms. The maximum Gasteiger partial charge on any atom is 0.226 e. The molecule has 0 saturated carbocycles. The van der Waals surface area contributed by atoms with Gasteiger partial charge in [-0.05, 0) is 43.2 Å². The summed E-state index contributed by atoms with van der Waals surface area (Å²) in [4.78, 5) is 18.2. The van der Waals surface area contributed by atoms with Gasteiger partial charge in [0, 0.05) is 24.1 Å². The van der Waals surface area contributed by atoms with E-state index in [9.17, 15) is 9.18 Å². The second-order valence-corrected chi connectivity index (χ2v) is 5.64. The Balaban J connectivity index is 1.79. The van der Waals surface area contributed by atoms with Crippen molar-refractivity contribution in [2.45, 2.75) is 25.3 Å². The minimum Gasteiger partial charge on any atom is -0.438 e. The number of halogens is 1. The first-order valence-electron chi connectivity index (χ1n) is 7.45. The number of amidine groups is 1. The number of aliphatic imine (C=N–C) groups is 1. The predicted octanol–water partition coefficient (Wildman–Crippen LogP) is 3.86. The molecule has 0 spiro atoms. The number of hydrogen-bond acceptors (Lipinski definition) is 4. The lowest BCUT2D eigenvalue weighted by Gasteiger charge is -2.36. The van der Waals surface area contributed by atoms with Crippen molar-refractivity contribution in [1.82, 2.24) is 4.90 Å². The number of fused-ring (bicyclic) bond motifs is 2. The average molecular weight is 298 g/mol. The number of aldehydes is 1. The maximum absolute atomic E-state index is 13.0. The van der Waals surface area contributed by atoms with Crippen molar-refractivity contribution in [2.24, 2.45) is 4.99 Å². The largest absolute Gasteiger partial charge is 0.438 e. The van der Waals surface area contributed by atoms with E-state index in [1.54, 1.807) is 12.1 Å². The summed E-state index contributed by atoms with van der Waals surface area (Å²) in [6.07, 6.45) is 3.97. The van der Waals surface area contributed by atoms with Gasteiger partial charge in [0.1, 0.15) is 29.7 Å². The van der Waals surface area contributed by atoms with Gasteiger partial charge in [-0.25, -0.2) is 4.39 Å². The van der Waals surface area contributed by atoms with Crippen LogP contribution in [0.1, 0.15) is 30.9 Å². The van der Waals surface area contributed by atoms with Gasteiger partial charge < -0.3 is 14.1 Å². The van der Waals surface area contributed by atoms with Crippen molar-refractivity contribution in [3.05, 3.63) is 41.7 Å². The van der Waals surface area contributed by atoms with Crippen LogP contribution in [0.3, 0.4) is 0 Å². The van der Waals surface area contributed by atoms with E-state index in [1.807, 2.05) is 6.07 Å². The van der Waals surface area contributed by atoms with Crippen LogP contribution in [0.15, 0.2) is 39.7 Å². The molecule has 0 N–H and O–H groups in total. The molecule has 22 heavy (non-hydrogen) atoms. The standard InChI is InChI=1S/C17H15FN2O2/c18-12-6-4-11(5-7-12)15-9-13-14(10-21)20-8-2-1-3-16(20)19-17(13)22-15/h4-7,9-10,14H,1-3,8H2. The van der Waals surface area contributed by atoms with Crippen molar-refractivity contribution >= 4 is 18.0 Å². The molecule has 2 aliphatic heterocycles. The number of nitrogens with zero attached hydrogens (tertiary/aromatic N) is 2. The normalized spacial score (nSPS) is 20.1. The molecular weight excluding hydrogens is 283 g/mol. The number of piperidine rings is 1. The molecule has 0 aliphatic carbocycles. The number of hydrogen-bond donors (Lipinski definition) is 0. The van der Waals surface area contributed by atoms with Gasteiger partial charge in [0.25, 0.3) is 0 Å². The fourth-order valence-corrected chi connectivity index (χ4v) is 3.14. The van der Waals surface area contributed by atoms with Gasteiger partial charge in [-0.3, -0.25) is 0 Å². The van der Waals surface area contributed by atoms with E-state index >= 15 is 0 Å². The Morgan fingerprint density at radius 3 is 2.86 bits per heavy atom. The van der Waals surface area contributed by atoms with Crippen molar-refractivity contribution in [3.8, 4) is 11.3 Å². The zero-order valence-electron chi connectivity index (χ0n) is 12.0. The third kappa shape index (κ3) is 2.04. The Kier molecular flexibility index (Phi) is 3.06. The van der Waals surface area contributed by atoms with Crippen LogP contribution < -0.4 is 0 Å². The van der Waals surface area contributed by atoms with Crippen LogP contribution in [-0.2, 0) is 4.79 Å². The monoisotopic (exact) mass is 298 g/mol. The lowest BCUT2D eigenvalue weighted by molar-refractivity contribution is -0.111. The smallest absolute Gasteiger partial charge is 0.226 e. The highest BCUT2D eigenvalue weighted by Crippen LogP contribution is 2.41. The Morgan fingerprint density at radius 1 is 1.27 bits per heavy atom. The van der Waals surface area contributed by atoms with E-state index in [0.29, 0.717) is 11.6 Å². The van der Waals surface area contributed by atoms with Crippen LogP contribution in [0.25, 0.3) is 11.3 Å². The summed E-state index contributed by atoms with van der Waals surface area (Å²) < 4.78 is 18.9. The van der Waals surface area contributed by atoms with Crippen molar-refractivity contribution in [3.63, 3.8) is 0 Å². The van der Waals surface area contributed by atoms with Crippen LogP contribution in [0.2, 0.25) is 0 Å². The van der Waals surface area contributed by atoms with Gasteiger partial charge in [-0.2, -0.15) is 4.99 Å². The molecule has 0 radical (unpaired) electrons. The number of furan rings is 1. The van der Waals surface area contributed by atoms with Crippen LogP contribution >= 0.6 is 0 Å². The number of carbonyl (C=O) groups is 1. The van der Waals surface area contributed by atoms with E-state index in [4.69, 9.17) is 4.42 Å². The van der Waals surface area contributed by atoms with E-state index < -0.39 is 0 Å². The van der Waals surface area contributed by atoms with Gasteiger partial charge in [-0.15, -0.1) is 0 Å². The SMILES string of the molecule is O=CC1c2cc(-c3ccc(F)cc3)oc2N=C2CCCCN21. The van der Waals surface area contributed by atoms with E-state index in [0.717, 1.165) is 49.1 Å². The molecule has 2 aromatic rings. The van der Waals surface area contributed by atoms with Crippen LogP contribution in [0, 0.1) is 5.82 Å². The molecule has 4 rings (SSSR count). The van der Waals surface area contributed by atoms with E-state index in [1.165, 1.54) is 12.1 Å². The molecule has 112 valence electrons. The lowest BCUT2D eigenvalue weighted by atomic mass is 10.0. The Labute approximate surface area is 127 Å². The van der Waals surface area contributed by atoms with Gasteiger partial charge in [0.05, 0.1) is 0 Å². The second-order valence-electron chi connectivity index (χ2n) is 5.64. The third-order valence-corrected chi connectivity index (χ3v) is 4.26. The van der Waals surface area contributed by atoms with Gasteiger partial charge in [-0.1, -0.05) is 0 Å². The minimum absolute atomic E-state index is 0.289. The van der Waals surface area contributed by atoms with E-state index in [2.05, 4.69) is 9.89 Å². The van der Waals surface area contributed by atoms with Crippen LogP contribution in [0.4, 0.5) is 10.3 Å². The summed E-state index contributed by atoms with van der Waals surface area (Å²) >= 11 is 0. The Morgan fingerprint density at radius 2 is 2.09 bits per heavy atom.